The van der Waals surface area contributed by atoms with Gasteiger partial charge in [-0.3, -0.25) is 0 Å². The molecular weight excluding hydrogens is 158 g/mol. The second kappa shape index (κ2) is 4.35. The third-order valence-corrected chi connectivity index (χ3v) is 1.44. The summed E-state index contributed by atoms with van der Waals surface area (Å²) in [6, 6.07) is -0.0216. The van der Waals surface area contributed by atoms with Crippen LogP contribution in [-0.4, -0.2) is 32.3 Å². The summed E-state index contributed by atoms with van der Waals surface area (Å²) in [7, 11) is 0. The summed E-state index contributed by atoms with van der Waals surface area (Å²) in [5, 5.41) is 10.6. The van der Waals surface area contributed by atoms with Gasteiger partial charge in [0.25, 0.3) is 0 Å². The summed E-state index contributed by atoms with van der Waals surface area (Å²) < 4.78 is 1.59. The lowest BCUT2D eigenvalue weighted by atomic mass is 10.2. The van der Waals surface area contributed by atoms with Crippen molar-refractivity contribution in [1.29, 1.82) is 0 Å². The minimum atomic E-state index is -0.0216. The molecule has 0 saturated carbocycles. The van der Waals surface area contributed by atoms with Gasteiger partial charge >= 0.3 is 0 Å². The number of hydrogen-bond donors (Lipinski definition) is 0. The Balaban J connectivity index is 2.31. The van der Waals surface area contributed by atoms with E-state index in [2.05, 4.69) is 20.5 Å². The molecule has 0 aromatic carbocycles. The molecule has 12 heavy (non-hydrogen) atoms. The number of hydrogen-bond acceptors (Lipinski definition) is 5. The summed E-state index contributed by atoms with van der Waals surface area (Å²) in [6.07, 6.45) is 3.77. The Kier molecular flexibility index (Phi) is 3.10. The molecule has 0 N–H and O–H groups in total. The van der Waals surface area contributed by atoms with Crippen LogP contribution in [0.5, 0.6) is 0 Å². The average Bonchev–Trinajstić information content (AvgIpc) is 2.53. The van der Waals surface area contributed by atoms with Gasteiger partial charge < -0.3 is 0 Å². The number of aromatic nitrogens is 4. The minimum absolute atomic E-state index is 0.0216. The van der Waals surface area contributed by atoms with Crippen molar-refractivity contribution in [2.45, 2.75) is 25.9 Å². The van der Waals surface area contributed by atoms with Gasteiger partial charge in [-0.05, 0) is 23.8 Å². The molecule has 0 bridgehead atoms. The smallest absolute Gasteiger partial charge is 0.232 e. The van der Waals surface area contributed by atoms with E-state index in [1.807, 2.05) is 6.92 Å². The van der Waals surface area contributed by atoms with E-state index >= 15 is 0 Å². The van der Waals surface area contributed by atoms with Gasteiger partial charge in [0.2, 0.25) is 6.08 Å². The van der Waals surface area contributed by atoms with Crippen LogP contribution in [0.3, 0.4) is 0 Å². The number of nitrogens with zero attached hydrogens (tertiary/aromatic N) is 5. The maximum atomic E-state index is 9.84. The molecule has 0 aliphatic carbocycles. The highest BCUT2D eigenvalue weighted by Gasteiger charge is 1.99. The molecule has 6 heteroatoms. The fraction of sp³-hybridized carbons (Fsp3) is 0.667. The maximum absolute atomic E-state index is 9.84. The van der Waals surface area contributed by atoms with E-state index in [4.69, 9.17) is 0 Å². The van der Waals surface area contributed by atoms with Crippen molar-refractivity contribution in [3.05, 3.63) is 6.33 Å². The van der Waals surface area contributed by atoms with Gasteiger partial charge in [-0.25, -0.2) is 14.5 Å². The minimum Gasteiger partial charge on any atom is -0.232 e. The van der Waals surface area contributed by atoms with Crippen LogP contribution >= 0.6 is 0 Å². The lowest BCUT2D eigenvalue weighted by Gasteiger charge is -2.01. The molecule has 0 aliphatic heterocycles. The molecule has 1 rings (SSSR count). The van der Waals surface area contributed by atoms with Crippen LogP contribution in [0.1, 0.15) is 13.3 Å². The molecule has 0 amide bonds. The highest BCUT2D eigenvalue weighted by molar-refractivity contribution is 5.33. The molecule has 0 saturated heterocycles. The first-order valence-corrected chi connectivity index (χ1v) is 3.60. The third kappa shape index (κ3) is 2.59. The van der Waals surface area contributed by atoms with Gasteiger partial charge in [-0.15, -0.1) is 5.10 Å². The Bertz CT molecular complexity index is 263. The highest BCUT2D eigenvalue weighted by atomic mass is 16.1. The zero-order chi connectivity index (χ0) is 8.81. The van der Waals surface area contributed by atoms with Crippen LogP contribution in [-0.2, 0) is 11.3 Å². The van der Waals surface area contributed by atoms with Gasteiger partial charge in [0, 0.05) is 6.54 Å². The molecule has 1 aromatic heterocycles. The predicted octanol–water partition coefficient (Wildman–Crippen LogP) is -0.213. The van der Waals surface area contributed by atoms with E-state index in [0.717, 1.165) is 6.42 Å². The van der Waals surface area contributed by atoms with Crippen molar-refractivity contribution in [2.24, 2.45) is 4.99 Å². The first-order chi connectivity index (χ1) is 5.83. The van der Waals surface area contributed by atoms with Crippen LogP contribution < -0.4 is 0 Å². The molecule has 0 fully saturated rings. The van der Waals surface area contributed by atoms with Gasteiger partial charge in [-0.2, -0.15) is 0 Å². The summed E-state index contributed by atoms with van der Waals surface area (Å²) in [6.45, 7) is 2.51. The Hall–Kier alpha value is -1.55. The summed E-state index contributed by atoms with van der Waals surface area (Å²) >= 11 is 0. The summed E-state index contributed by atoms with van der Waals surface area (Å²) in [5.74, 6) is 0. The zero-order valence-electron chi connectivity index (χ0n) is 6.71. The Morgan fingerprint density at radius 3 is 3.17 bits per heavy atom. The number of isocyanates is 1. The fourth-order valence-corrected chi connectivity index (χ4v) is 0.756. The van der Waals surface area contributed by atoms with E-state index in [0.29, 0.717) is 6.54 Å². The molecule has 1 heterocycles. The van der Waals surface area contributed by atoms with Crippen LogP contribution in [0.4, 0.5) is 0 Å². The third-order valence-electron chi connectivity index (χ3n) is 1.44. The molecule has 1 aromatic rings. The summed E-state index contributed by atoms with van der Waals surface area (Å²) in [4.78, 5) is 13.4. The van der Waals surface area contributed by atoms with Crippen molar-refractivity contribution in [3.8, 4) is 0 Å². The van der Waals surface area contributed by atoms with Crippen molar-refractivity contribution in [3.63, 3.8) is 0 Å². The highest BCUT2D eigenvalue weighted by Crippen LogP contribution is 1.96. The SMILES string of the molecule is CC(CCn1cnnn1)N=C=O. The van der Waals surface area contributed by atoms with Crippen molar-refractivity contribution >= 4 is 6.08 Å². The van der Waals surface area contributed by atoms with Crippen molar-refractivity contribution < 1.29 is 4.79 Å². The quantitative estimate of drug-likeness (QED) is 0.459. The normalized spacial score (nSPS) is 12.1. The Morgan fingerprint density at radius 1 is 1.75 bits per heavy atom. The van der Waals surface area contributed by atoms with E-state index in [1.165, 1.54) is 12.4 Å². The van der Waals surface area contributed by atoms with Gasteiger partial charge in [0.05, 0.1) is 6.04 Å². The zero-order valence-corrected chi connectivity index (χ0v) is 6.71. The second-order valence-corrected chi connectivity index (χ2v) is 2.43. The van der Waals surface area contributed by atoms with Crippen LogP contribution in [0.15, 0.2) is 11.3 Å². The Labute approximate surface area is 69.3 Å². The molecule has 0 spiro atoms. The van der Waals surface area contributed by atoms with Gasteiger partial charge in [0.1, 0.15) is 6.33 Å². The predicted molar refractivity (Wildman–Crippen MR) is 40.0 cm³/mol. The van der Waals surface area contributed by atoms with E-state index < -0.39 is 0 Å². The maximum Gasteiger partial charge on any atom is 0.235 e. The number of carbonyl (C=O) groups excluding carboxylic acids is 1. The molecule has 64 valence electrons. The van der Waals surface area contributed by atoms with E-state index in [1.54, 1.807) is 4.68 Å². The van der Waals surface area contributed by atoms with E-state index in [9.17, 15) is 4.79 Å². The van der Waals surface area contributed by atoms with Crippen LogP contribution in [0.25, 0.3) is 0 Å². The Morgan fingerprint density at radius 2 is 2.58 bits per heavy atom. The molecular formula is C6H9N5O. The lowest BCUT2D eigenvalue weighted by molar-refractivity contribution is 0.510. The van der Waals surface area contributed by atoms with Crippen molar-refractivity contribution in [1.82, 2.24) is 20.2 Å². The van der Waals surface area contributed by atoms with Crippen LogP contribution in [0, 0.1) is 0 Å². The molecule has 1 unspecified atom stereocenters. The monoisotopic (exact) mass is 167 g/mol. The lowest BCUT2D eigenvalue weighted by Crippen LogP contribution is -2.06. The molecule has 6 nitrogen and oxygen atoms in total. The largest absolute Gasteiger partial charge is 0.235 e. The molecule has 0 radical (unpaired) electrons. The first kappa shape index (κ1) is 8.55. The number of tetrazole rings is 1. The molecule has 0 aliphatic rings. The van der Waals surface area contributed by atoms with E-state index in [-0.39, 0.29) is 6.04 Å². The number of aliphatic imine (C=N–C) groups is 1. The average molecular weight is 167 g/mol. The van der Waals surface area contributed by atoms with Gasteiger partial charge in [-0.1, -0.05) is 0 Å². The topological polar surface area (TPSA) is 73.0 Å². The van der Waals surface area contributed by atoms with Crippen molar-refractivity contribution in [2.75, 3.05) is 0 Å². The number of aryl methyl sites for hydroxylation is 1. The fourth-order valence-electron chi connectivity index (χ4n) is 0.756. The number of rotatable bonds is 4. The summed E-state index contributed by atoms with van der Waals surface area (Å²) in [5.41, 5.74) is 0. The standard InChI is InChI=1S/C6H9N5O/c1-6(7-5-12)2-3-11-4-8-9-10-11/h4,6H,2-3H2,1H3. The second-order valence-electron chi connectivity index (χ2n) is 2.43. The van der Waals surface area contributed by atoms with Crippen LogP contribution in [0.2, 0.25) is 0 Å². The van der Waals surface area contributed by atoms with Gasteiger partial charge in [0.15, 0.2) is 0 Å². The molecule has 1 atom stereocenters. The first-order valence-electron chi connectivity index (χ1n) is 3.60.